The largest absolute Gasteiger partial charge is 0.409 e. The molecule has 1 fully saturated rings. The van der Waals surface area contributed by atoms with E-state index in [1.54, 1.807) is 0 Å². The molecule has 0 radical (unpaired) electrons. The number of amidine groups is 1. The van der Waals surface area contributed by atoms with Crippen LogP contribution in [-0.4, -0.2) is 32.5 Å². The maximum atomic E-state index is 8.42. The topological polar surface area (TPSA) is 133 Å². The Hall–Kier alpha value is -1.64. The van der Waals surface area contributed by atoms with E-state index in [-0.39, 0.29) is 27.6 Å². The van der Waals surface area contributed by atoms with Crippen molar-refractivity contribution in [3.8, 4) is 0 Å². The first kappa shape index (κ1) is 8.94. The summed E-state index contributed by atoms with van der Waals surface area (Å²) < 4.78 is 11.8. The van der Waals surface area contributed by atoms with Gasteiger partial charge in [-0.15, -0.1) is 0 Å². The van der Waals surface area contributed by atoms with Crippen LogP contribution < -0.4 is 11.1 Å². The van der Waals surface area contributed by atoms with Crippen molar-refractivity contribution in [3.05, 3.63) is 5.69 Å². The van der Waals surface area contributed by atoms with Gasteiger partial charge >= 0.3 is 0 Å². The van der Waals surface area contributed by atoms with E-state index in [2.05, 4.69) is 25.4 Å². The van der Waals surface area contributed by atoms with E-state index in [0.29, 0.717) is 5.82 Å². The van der Waals surface area contributed by atoms with Crippen LogP contribution in [0.2, 0.25) is 0 Å². The highest BCUT2D eigenvalue weighted by atomic mass is 32.2. The second kappa shape index (κ2) is 3.25. The molecule has 0 bridgehead atoms. The van der Waals surface area contributed by atoms with Crippen LogP contribution in [0.25, 0.3) is 0 Å². The van der Waals surface area contributed by atoms with Gasteiger partial charge in [-0.05, 0) is 10.3 Å². The fourth-order valence-corrected chi connectivity index (χ4v) is 1.68. The molecule has 1 saturated heterocycles. The molecule has 2 unspecified atom stereocenters. The van der Waals surface area contributed by atoms with E-state index in [1.165, 1.54) is 0 Å². The monoisotopic (exact) mass is 216 g/mol. The number of nitrogens with two attached hydrogens (primary N) is 1. The predicted octanol–water partition coefficient (Wildman–Crippen LogP) is -0.704. The molecule has 76 valence electrons. The number of nitrogens with one attached hydrogen (secondary N) is 2. The maximum absolute atomic E-state index is 8.42. The Kier molecular flexibility index (Phi) is 2.08. The zero-order valence-electron chi connectivity index (χ0n) is 6.97. The van der Waals surface area contributed by atoms with Crippen molar-refractivity contribution in [1.82, 2.24) is 10.3 Å². The zero-order valence-corrected chi connectivity index (χ0v) is 7.78. The molecule has 0 amide bonds. The first-order valence-electron chi connectivity index (χ1n) is 3.70. The summed E-state index contributed by atoms with van der Waals surface area (Å²) in [6, 6.07) is 0. The summed E-state index contributed by atoms with van der Waals surface area (Å²) >= 11 is 0. The number of anilines is 1. The minimum atomic E-state index is -0.371. The number of nitrogens with zero attached hydrogens (tertiary/aromatic N) is 3. The minimum Gasteiger partial charge on any atom is -0.409 e. The highest BCUT2D eigenvalue weighted by Gasteiger charge is 2.31. The molecule has 5 N–H and O–H groups in total. The summed E-state index contributed by atoms with van der Waals surface area (Å²) in [7, 11) is -0.371. The minimum absolute atomic E-state index is 0.0761. The number of aromatic nitrogens is 2. The van der Waals surface area contributed by atoms with Crippen LogP contribution in [-0.2, 0) is 10.7 Å². The van der Waals surface area contributed by atoms with Gasteiger partial charge in [-0.1, -0.05) is 15.8 Å². The number of hydrogen-bond acceptors (Lipinski definition) is 7. The molecule has 2 heterocycles. The van der Waals surface area contributed by atoms with Crippen LogP contribution in [0.4, 0.5) is 5.82 Å². The zero-order chi connectivity index (χ0) is 10.1. The molecule has 0 saturated carbocycles. The van der Waals surface area contributed by atoms with Crippen molar-refractivity contribution in [2.24, 2.45) is 10.9 Å². The smallest absolute Gasteiger partial charge is 0.203 e. The van der Waals surface area contributed by atoms with E-state index < -0.39 is 0 Å². The summed E-state index contributed by atoms with van der Waals surface area (Å²) in [5.41, 5.74) is 5.49. The summed E-state index contributed by atoms with van der Waals surface area (Å²) in [4.78, 5) is 0. The van der Waals surface area contributed by atoms with Crippen molar-refractivity contribution >= 4 is 22.3 Å². The van der Waals surface area contributed by atoms with E-state index in [1.807, 2.05) is 0 Å². The molecule has 2 atom stereocenters. The number of oxime groups is 1. The van der Waals surface area contributed by atoms with Gasteiger partial charge in [0.05, 0.1) is 5.37 Å². The third-order valence-electron chi connectivity index (χ3n) is 1.70. The molecule has 1 aromatic rings. The van der Waals surface area contributed by atoms with Crippen molar-refractivity contribution in [1.29, 1.82) is 4.78 Å². The van der Waals surface area contributed by atoms with Gasteiger partial charge in [0.25, 0.3) is 0 Å². The predicted molar refractivity (Wildman–Crippen MR) is 49.2 cm³/mol. The first-order chi connectivity index (χ1) is 6.72. The first-order valence-corrected chi connectivity index (χ1v) is 5.16. The second-order valence-electron chi connectivity index (χ2n) is 2.68. The van der Waals surface area contributed by atoms with E-state index in [4.69, 9.17) is 15.7 Å². The molecule has 0 aromatic carbocycles. The van der Waals surface area contributed by atoms with Gasteiger partial charge in [-0.2, -0.15) is 0 Å². The molecule has 8 nitrogen and oxygen atoms in total. The highest BCUT2D eigenvalue weighted by molar-refractivity contribution is 7.94. The Labute approximate surface area is 81.0 Å². The summed E-state index contributed by atoms with van der Waals surface area (Å²) in [5, 5.41) is 21.2. The van der Waals surface area contributed by atoms with Gasteiger partial charge in [0.2, 0.25) is 5.82 Å². The lowest BCUT2D eigenvalue weighted by Crippen LogP contribution is -2.17. The van der Waals surface area contributed by atoms with Crippen LogP contribution in [0.5, 0.6) is 0 Å². The Morgan fingerprint density at radius 3 is 3.07 bits per heavy atom. The quantitative estimate of drug-likeness (QED) is 0.173. The average molecular weight is 216 g/mol. The molecule has 2 rings (SSSR count). The maximum Gasteiger partial charge on any atom is 0.203 e. The third kappa shape index (κ3) is 1.53. The molecular formula is C5H8N6O2S. The number of rotatable bonds is 3. The summed E-state index contributed by atoms with van der Waals surface area (Å²) in [5.74, 6) is 0.925. The van der Waals surface area contributed by atoms with Crippen LogP contribution in [0.15, 0.2) is 9.78 Å². The lowest BCUT2D eigenvalue weighted by molar-refractivity contribution is 0.304. The Balaban J connectivity index is 2.17. The van der Waals surface area contributed by atoms with Crippen LogP contribution in [0, 0.1) is 4.78 Å². The third-order valence-corrected chi connectivity index (χ3v) is 2.93. The molecule has 1 aliphatic rings. The lowest BCUT2D eigenvalue weighted by atomic mass is 10.4. The van der Waals surface area contributed by atoms with Gasteiger partial charge < -0.3 is 16.3 Å². The average Bonchev–Trinajstić information content (AvgIpc) is 2.67. The standard InChI is InChI=1S/C5H8N6O2S/c6-4(9-12)3-5(11-13-10-3)8-2-1-14(2)7/h2,7,12H,1H2,(H2,6,9)(H,8,11). The molecular weight excluding hydrogens is 208 g/mol. The van der Waals surface area contributed by atoms with Crippen LogP contribution in [0.3, 0.4) is 0 Å². The van der Waals surface area contributed by atoms with Gasteiger partial charge in [-0.3, -0.25) is 4.78 Å². The van der Waals surface area contributed by atoms with E-state index >= 15 is 0 Å². The van der Waals surface area contributed by atoms with Gasteiger partial charge in [0, 0.05) is 5.75 Å². The van der Waals surface area contributed by atoms with Gasteiger partial charge in [-0.25, -0.2) is 4.63 Å². The van der Waals surface area contributed by atoms with E-state index in [0.717, 1.165) is 5.75 Å². The van der Waals surface area contributed by atoms with Crippen molar-refractivity contribution in [3.63, 3.8) is 0 Å². The summed E-state index contributed by atoms with van der Waals surface area (Å²) in [6.07, 6.45) is 0. The fourth-order valence-electron chi connectivity index (χ4n) is 0.888. The Morgan fingerprint density at radius 2 is 2.50 bits per heavy atom. The van der Waals surface area contributed by atoms with E-state index in [9.17, 15) is 0 Å². The fraction of sp³-hybridized carbons (Fsp3) is 0.400. The summed E-state index contributed by atoms with van der Waals surface area (Å²) in [6.45, 7) is 0. The molecule has 1 aliphatic heterocycles. The lowest BCUT2D eigenvalue weighted by Gasteiger charge is -1.97. The Bertz CT molecular complexity index is 401. The van der Waals surface area contributed by atoms with Gasteiger partial charge in [0.1, 0.15) is 0 Å². The van der Waals surface area contributed by atoms with Crippen molar-refractivity contribution in [2.75, 3.05) is 11.1 Å². The SMILES string of the molecule is N=S1CC1Nc1nonc1/C(N)=N/O. The van der Waals surface area contributed by atoms with Crippen LogP contribution >= 0.6 is 0 Å². The molecule has 14 heavy (non-hydrogen) atoms. The molecule has 1 aromatic heterocycles. The Morgan fingerprint density at radius 1 is 1.79 bits per heavy atom. The molecule has 9 heteroatoms. The van der Waals surface area contributed by atoms with Crippen molar-refractivity contribution in [2.45, 2.75) is 5.37 Å². The van der Waals surface area contributed by atoms with Crippen molar-refractivity contribution < 1.29 is 9.84 Å². The highest BCUT2D eigenvalue weighted by Crippen LogP contribution is 2.20. The van der Waals surface area contributed by atoms with Gasteiger partial charge in [0.15, 0.2) is 11.5 Å². The number of hydrogen-bond donors (Lipinski definition) is 4. The van der Waals surface area contributed by atoms with Crippen LogP contribution in [0.1, 0.15) is 5.69 Å². The molecule has 0 aliphatic carbocycles. The second-order valence-corrected chi connectivity index (χ2v) is 4.44. The normalized spacial score (nSPS) is 26.1. The molecule has 0 spiro atoms.